The Hall–Kier alpha value is -1.75. The summed E-state index contributed by atoms with van der Waals surface area (Å²) in [6.45, 7) is 6.55. The smallest absolute Gasteiger partial charge is 0.317 e. The Morgan fingerprint density at radius 3 is 2.50 bits per heavy atom. The molecule has 3 unspecified atom stereocenters. The van der Waals surface area contributed by atoms with Gasteiger partial charge in [-0.05, 0) is 51.3 Å². The number of hydrogen-bond acceptors (Lipinski definition) is 3. The molecule has 24 heavy (non-hydrogen) atoms. The number of carbonyl (C=O) groups is 1. The lowest BCUT2D eigenvalue weighted by Gasteiger charge is -2.25. The monoisotopic (exact) mass is 334 g/mol. The van der Waals surface area contributed by atoms with Gasteiger partial charge in [0.2, 0.25) is 0 Å². The molecule has 0 spiro atoms. The summed E-state index contributed by atoms with van der Waals surface area (Å²) in [5.41, 5.74) is 1.04. The fourth-order valence-corrected chi connectivity index (χ4v) is 3.15. The molecule has 1 aromatic rings. The predicted molar refractivity (Wildman–Crippen MR) is 95.1 cm³/mol. The molecule has 0 heterocycles. The maximum absolute atomic E-state index is 12.3. The van der Waals surface area contributed by atoms with Crippen molar-refractivity contribution in [3.63, 3.8) is 0 Å². The summed E-state index contributed by atoms with van der Waals surface area (Å²) in [6, 6.07) is 7.62. The number of aliphatic hydroxyl groups is 1. The van der Waals surface area contributed by atoms with Gasteiger partial charge in [0.15, 0.2) is 0 Å². The van der Waals surface area contributed by atoms with Crippen LogP contribution in [0.2, 0.25) is 0 Å². The number of carbonyl (C=O) groups excluding carboxylic acids is 1. The zero-order valence-electron chi connectivity index (χ0n) is 15.2. The van der Waals surface area contributed by atoms with Crippen LogP contribution >= 0.6 is 0 Å². The molecule has 1 fully saturated rings. The third kappa shape index (κ3) is 5.13. The second-order valence-corrected chi connectivity index (χ2v) is 7.05. The second-order valence-electron chi connectivity index (χ2n) is 7.05. The van der Waals surface area contributed by atoms with Gasteiger partial charge in [-0.1, -0.05) is 18.6 Å². The number of hydrogen-bond donors (Lipinski definition) is 2. The van der Waals surface area contributed by atoms with Crippen LogP contribution in [0.5, 0.6) is 5.75 Å². The van der Waals surface area contributed by atoms with Crippen LogP contribution in [-0.4, -0.2) is 41.8 Å². The van der Waals surface area contributed by atoms with E-state index in [4.69, 9.17) is 4.74 Å². The molecule has 2 amide bonds. The van der Waals surface area contributed by atoms with Gasteiger partial charge in [0, 0.05) is 19.5 Å². The number of ether oxygens (including phenoxy) is 1. The SMILES string of the molecule is CC(C)Oc1ccc(C(C)NC(=O)N(C)CC2CCCC2O)cc1. The third-order valence-electron chi connectivity index (χ3n) is 4.57. The maximum atomic E-state index is 12.3. The van der Waals surface area contributed by atoms with Crippen LogP contribution in [0.15, 0.2) is 24.3 Å². The van der Waals surface area contributed by atoms with E-state index >= 15 is 0 Å². The van der Waals surface area contributed by atoms with Crippen LogP contribution in [0.25, 0.3) is 0 Å². The molecule has 2 rings (SSSR count). The highest BCUT2D eigenvalue weighted by molar-refractivity contribution is 5.74. The average Bonchev–Trinajstić information content (AvgIpc) is 2.92. The first-order chi connectivity index (χ1) is 11.4. The largest absolute Gasteiger partial charge is 0.491 e. The van der Waals surface area contributed by atoms with E-state index in [-0.39, 0.29) is 30.2 Å². The molecule has 1 aliphatic carbocycles. The first-order valence-corrected chi connectivity index (χ1v) is 8.83. The Morgan fingerprint density at radius 1 is 1.29 bits per heavy atom. The summed E-state index contributed by atoms with van der Waals surface area (Å²) < 4.78 is 5.63. The van der Waals surface area contributed by atoms with Crippen molar-refractivity contribution in [3.8, 4) is 5.75 Å². The van der Waals surface area contributed by atoms with E-state index in [0.717, 1.165) is 30.6 Å². The first kappa shape index (κ1) is 18.6. The van der Waals surface area contributed by atoms with Gasteiger partial charge in [-0.25, -0.2) is 4.79 Å². The number of benzene rings is 1. The summed E-state index contributed by atoms with van der Waals surface area (Å²) in [6.07, 6.45) is 2.76. The molecule has 0 bridgehead atoms. The Balaban J connectivity index is 1.86. The van der Waals surface area contributed by atoms with Crippen molar-refractivity contribution in [2.24, 2.45) is 5.92 Å². The minimum atomic E-state index is -0.272. The van der Waals surface area contributed by atoms with Crippen molar-refractivity contribution in [2.75, 3.05) is 13.6 Å². The molecular formula is C19H30N2O3. The number of amides is 2. The van der Waals surface area contributed by atoms with Crippen molar-refractivity contribution in [1.82, 2.24) is 10.2 Å². The Morgan fingerprint density at radius 2 is 1.96 bits per heavy atom. The summed E-state index contributed by atoms with van der Waals surface area (Å²) in [4.78, 5) is 14.0. The number of urea groups is 1. The number of nitrogens with zero attached hydrogens (tertiary/aromatic N) is 1. The molecule has 134 valence electrons. The van der Waals surface area contributed by atoms with Gasteiger partial charge in [0.25, 0.3) is 0 Å². The van der Waals surface area contributed by atoms with Crippen LogP contribution in [0, 0.1) is 5.92 Å². The van der Waals surface area contributed by atoms with Crippen LogP contribution in [0.1, 0.15) is 51.6 Å². The number of nitrogens with one attached hydrogen (secondary N) is 1. The highest BCUT2D eigenvalue weighted by Gasteiger charge is 2.27. The molecule has 2 N–H and O–H groups in total. The van der Waals surface area contributed by atoms with Crippen LogP contribution in [-0.2, 0) is 0 Å². The van der Waals surface area contributed by atoms with E-state index in [2.05, 4.69) is 5.32 Å². The normalized spacial score (nSPS) is 21.6. The van der Waals surface area contributed by atoms with Gasteiger partial charge in [-0.15, -0.1) is 0 Å². The molecule has 3 atom stereocenters. The van der Waals surface area contributed by atoms with Gasteiger partial charge >= 0.3 is 6.03 Å². The molecule has 5 nitrogen and oxygen atoms in total. The molecule has 0 aromatic heterocycles. The summed E-state index contributed by atoms with van der Waals surface area (Å²) >= 11 is 0. The predicted octanol–water partition coefficient (Wildman–Crippen LogP) is 3.34. The van der Waals surface area contributed by atoms with Gasteiger partial charge in [0.05, 0.1) is 18.2 Å². The average molecular weight is 334 g/mol. The lowest BCUT2D eigenvalue weighted by atomic mass is 10.1. The molecule has 1 aromatic carbocycles. The fourth-order valence-electron chi connectivity index (χ4n) is 3.15. The van der Waals surface area contributed by atoms with Gasteiger partial charge in [-0.3, -0.25) is 0 Å². The van der Waals surface area contributed by atoms with E-state index in [1.165, 1.54) is 0 Å². The zero-order chi connectivity index (χ0) is 17.7. The zero-order valence-corrected chi connectivity index (χ0v) is 15.2. The number of aliphatic hydroxyl groups excluding tert-OH is 1. The van der Waals surface area contributed by atoms with Crippen molar-refractivity contribution in [3.05, 3.63) is 29.8 Å². The van der Waals surface area contributed by atoms with Gasteiger partial charge < -0.3 is 20.1 Å². The molecular weight excluding hydrogens is 304 g/mol. The highest BCUT2D eigenvalue weighted by Crippen LogP contribution is 2.26. The van der Waals surface area contributed by atoms with E-state index in [0.29, 0.717) is 6.54 Å². The van der Waals surface area contributed by atoms with E-state index in [9.17, 15) is 9.90 Å². The van der Waals surface area contributed by atoms with Crippen molar-refractivity contribution >= 4 is 6.03 Å². The van der Waals surface area contributed by atoms with Gasteiger partial charge in [0.1, 0.15) is 5.75 Å². The van der Waals surface area contributed by atoms with Crippen LogP contribution in [0.3, 0.4) is 0 Å². The van der Waals surface area contributed by atoms with E-state index < -0.39 is 0 Å². The number of rotatable bonds is 6. The lowest BCUT2D eigenvalue weighted by Crippen LogP contribution is -2.42. The lowest BCUT2D eigenvalue weighted by molar-refractivity contribution is 0.113. The molecule has 1 saturated carbocycles. The molecule has 0 aliphatic heterocycles. The molecule has 5 heteroatoms. The maximum Gasteiger partial charge on any atom is 0.317 e. The Labute approximate surface area is 145 Å². The standard InChI is InChI=1S/C19H30N2O3/c1-13(2)24-17-10-8-15(9-11-17)14(3)20-19(23)21(4)12-16-6-5-7-18(16)22/h8-11,13-14,16,18,22H,5-7,12H2,1-4H3,(H,20,23). The highest BCUT2D eigenvalue weighted by atomic mass is 16.5. The quantitative estimate of drug-likeness (QED) is 0.839. The molecule has 0 radical (unpaired) electrons. The summed E-state index contributed by atoms with van der Waals surface area (Å²) in [7, 11) is 1.78. The summed E-state index contributed by atoms with van der Waals surface area (Å²) in [5.74, 6) is 1.03. The second kappa shape index (κ2) is 8.38. The fraction of sp³-hybridized carbons (Fsp3) is 0.632. The third-order valence-corrected chi connectivity index (χ3v) is 4.57. The van der Waals surface area contributed by atoms with Crippen LogP contribution in [0.4, 0.5) is 4.79 Å². The van der Waals surface area contributed by atoms with Gasteiger partial charge in [-0.2, -0.15) is 0 Å². The molecule has 0 saturated heterocycles. The minimum absolute atomic E-state index is 0.0819. The first-order valence-electron chi connectivity index (χ1n) is 8.83. The van der Waals surface area contributed by atoms with Crippen molar-refractivity contribution < 1.29 is 14.6 Å². The topological polar surface area (TPSA) is 61.8 Å². The van der Waals surface area contributed by atoms with Crippen molar-refractivity contribution in [1.29, 1.82) is 0 Å². The Bertz CT molecular complexity index is 530. The van der Waals surface area contributed by atoms with E-state index in [1.807, 2.05) is 45.0 Å². The van der Waals surface area contributed by atoms with Crippen molar-refractivity contribution in [2.45, 2.75) is 58.3 Å². The molecule has 1 aliphatic rings. The Kier molecular flexibility index (Phi) is 6.49. The summed E-state index contributed by atoms with van der Waals surface area (Å²) in [5, 5.41) is 12.9. The van der Waals surface area contributed by atoms with E-state index in [1.54, 1.807) is 11.9 Å². The van der Waals surface area contributed by atoms with Crippen LogP contribution < -0.4 is 10.1 Å². The minimum Gasteiger partial charge on any atom is -0.491 e.